The van der Waals surface area contributed by atoms with E-state index in [4.69, 9.17) is 9.47 Å². The highest BCUT2D eigenvalue weighted by atomic mass is 16.6. The third-order valence-electron chi connectivity index (χ3n) is 4.90. The van der Waals surface area contributed by atoms with Crippen molar-refractivity contribution < 1.29 is 14.6 Å². The zero-order valence-electron chi connectivity index (χ0n) is 14.2. The summed E-state index contributed by atoms with van der Waals surface area (Å²) in [6, 6.07) is 7.01. The lowest BCUT2D eigenvalue weighted by Crippen LogP contribution is -2.35. The lowest BCUT2D eigenvalue weighted by molar-refractivity contribution is -0.0819. The number of phenols is 1. The molecule has 2 aliphatic heterocycles. The van der Waals surface area contributed by atoms with Gasteiger partial charge in [0.2, 0.25) is 0 Å². The Kier molecular flexibility index (Phi) is 4.23. The van der Waals surface area contributed by atoms with E-state index in [1.54, 1.807) is 18.2 Å². The first-order valence-corrected chi connectivity index (χ1v) is 8.63. The average Bonchev–Trinajstić information content (AvgIpc) is 2.63. The maximum Gasteiger partial charge on any atom is 0.187 e. The molecule has 132 valence electrons. The number of ether oxygens (including phenoxy) is 2. The predicted octanol–water partition coefficient (Wildman–Crippen LogP) is 1.91. The molecule has 0 amide bonds. The number of rotatable bonds is 3. The second-order valence-electron chi connectivity index (χ2n) is 6.56. The number of aryl methyl sites for hydroxylation is 1. The summed E-state index contributed by atoms with van der Waals surface area (Å²) in [7, 11) is 0. The Labute approximate surface area is 146 Å². The predicted molar refractivity (Wildman–Crippen MR) is 95.3 cm³/mol. The van der Waals surface area contributed by atoms with Crippen LogP contribution in [0.15, 0.2) is 29.1 Å². The number of pyridine rings is 1. The summed E-state index contributed by atoms with van der Waals surface area (Å²) in [6.45, 7) is 5.03. The first kappa shape index (κ1) is 16.2. The fourth-order valence-corrected chi connectivity index (χ4v) is 3.60. The SMILES string of the molecule is Cc1c2n(c(NC[C@@H]3COCCO3)cc1=O)CCc1cc(O)ccc1-2. The zero-order chi connectivity index (χ0) is 17.4. The normalized spacial score (nSPS) is 19.2. The van der Waals surface area contributed by atoms with E-state index in [2.05, 4.69) is 9.88 Å². The third-order valence-corrected chi connectivity index (χ3v) is 4.90. The smallest absolute Gasteiger partial charge is 0.187 e. The monoisotopic (exact) mass is 342 g/mol. The van der Waals surface area contributed by atoms with Crippen LogP contribution in [0.3, 0.4) is 0 Å². The highest BCUT2D eigenvalue weighted by Crippen LogP contribution is 2.34. The van der Waals surface area contributed by atoms with Crippen LogP contribution in [0.2, 0.25) is 0 Å². The molecule has 1 fully saturated rings. The van der Waals surface area contributed by atoms with Crippen LogP contribution in [0, 0.1) is 6.92 Å². The highest BCUT2D eigenvalue weighted by molar-refractivity contribution is 5.72. The summed E-state index contributed by atoms with van der Waals surface area (Å²) >= 11 is 0. The van der Waals surface area contributed by atoms with Crippen LogP contribution in [0.5, 0.6) is 5.75 Å². The Morgan fingerprint density at radius 1 is 1.32 bits per heavy atom. The summed E-state index contributed by atoms with van der Waals surface area (Å²) in [4.78, 5) is 12.5. The van der Waals surface area contributed by atoms with E-state index in [-0.39, 0.29) is 17.3 Å². The Bertz CT molecular complexity index is 853. The molecule has 0 aliphatic carbocycles. The minimum Gasteiger partial charge on any atom is -0.508 e. The molecule has 0 spiro atoms. The number of aromatic nitrogens is 1. The van der Waals surface area contributed by atoms with E-state index in [1.165, 1.54) is 0 Å². The first-order valence-electron chi connectivity index (χ1n) is 8.63. The summed E-state index contributed by atoms with van der Waals surface area (Å²) in [5.41, 5.74) is 3.75. The quantitative estimate of drug-likeness (QED) is 0.891. The molecule has 0 unspecified atom stereocenters. The molecule has 25 heavy (non-hydrogen) atoms. The molecule has 2 aliphatic rings. The van der Waals surface area contributed by atoms with E-state index >= 15 is 0 Å². The largest absolute Gasteiger partial charge is 0.508 e. The molecule has 6 heteroatoms. The number of aromatic hydroxyl groups is 1. The molecular formula is C19H22N2O4. The molecule has 2 N–H and O–H groups in total. The molecule has 1 saturated heterocycles. The van der Waals surface area contributed by atoms with Crippen molar-refractivity contribution >= 4 is 5.82 Å². The second-order valence-corrected chi connectivity index (χ2v) is 6.56. The molecule has 3 heterocycles. The van der Waals surface area contributed by atoms with Gasteiger partial charge in [0.05, 0.1) is 31.6 Å². The summed E-state index contributed by atoms with van der Waals surface area (Å²) in [6.07, 6.45) is 0.811. The van der Waals surface area contributed by atoms with E-state index in [0.29, 0.717) is 26.4 Å². The highest BCUT2D eigenvalue weighted by Gasteiger charge is 2.22. The van der Waals surface area contributed by atoms with E-state index in [9.17, 15) is 9.90 Å². The average molecular weight is 342 g/mol. The van der Waals surface area contributed by atoms with Crippen molar-refractivity contribution in [2.75, 3.05) is 31.7 Å². The van der Waals surface area contributed by atoms with Crippen molar-refractivity contribution in [3.8, 4) is 17.0 Å². The van der Waals surface area contributed by atoms with Gasteiger partial charge in [-0.1, -0.05) is 0 Å². The summed E-state index contributed by atoms with van der Waals surface area (Å²) in [5, 5.41) is 13.1. The Balaban J connectivity index is 1.70. The van der Waals surface area contributed by atoms with Crippen LogP contribution >= 0.6 is 0 Å². The van der Waals surface area contributed by atoms with Gasteiger partial charge in [-0.3, -0.25) is 4.79 Å². The van der Waals surface area contributed by atoms with Crippen LogP contribution in [0.25, 0.3) is 11.3 Å². The van der Waals surface area contributed by atoms with Crippen LogP contribution in [0.4, 0.5) is 5.82 Å². The first-order chi connectivity index (χ1) is 12.1. The third kappa shape index (κ3) is 3.03. The Morgan fingerprint density at radius 3 is 3.00 bits per heavy atom. The van der Waals surface area contributed by atoms with Crippen LogP contribution in [0.1, 0.15) is 11.1 Å². The van der Waals surface area contributed by atoms with Gasteiger partial charge in [-0.15, -0.1) is 0 Å². The molecule has 1 atom stereocenters. The number of hydrogen-bond donors (Lipinski definition) is 2. The maximum absolute atomic E-state index is 12.5. The standard InChI is InChI=1S/C19H22N2O4/c1-12-17(23)9-18(20-10-15-11-24-6-7-25-15)21-5-4-13-8-14(22)2-3-16(13)19(12)21/h2-3,8-9,15,20,22H,4-7,10-11H2,1H3/t15-/m1/s1. The van der Waals surface area contributed by atoms with Crippen molar-refractivity contribution in [3.63, 3.8) is 0 Å². The van der Waals surface area contributed by atoms with Crippen LogP contribution in [-0.4, -0.2) is 42.1 Å². The molecule has 0 bridgehead atoms. The van der Waals surface area contributed by atoms with Gasteiger partial charge in [-0.2, -0.15) is 0 Å². The Hall–Kier alpha value is -2.31. The van der Waals surface area contributed by atoms with Gasteiger partial charge in [0.15, 0.2) is 5.43 Å². The lowest BCUT2D eigenvalue weighted by atomic mass is 9.94. The fraction of sp³-hybridized carbons (Fsp3) is 0.421. The molecule has 4 rings (SSSR count). The minimum atomic E-state index is -0.00534. The van der Waals surface area contributed by atoms with E-state index < -0.39 is 0 Å². The molecule has 0 radical (unpaired) electrons. The van der Waals surface area contributed by atoms with Crippen molar-refractivity contribution in [2.45, 2.75) is 26.0 Å². The van der Waals surface area contributed by atoms with Gasteiger partial charge in [0.1, 0.15) is 11.6 Å². The minimum absolute atomic E-state index is 0.00534. The molecule has 1 aromatic carbocycles. The van der Waals surface area contributed by atoms with Gasteiger partial charge in [-0.05, 0) is 37.1 Å². The van der Waals surface area contributed by atoms with Gasteiger partial charge < -0.3 is 24.5 Å². The van der Waals surface area contributed by atoms with Gasteiger partial charge in [-0.25, -0.2) is 0 Å². The molecule has 0 saturated carbocycles. The molecule has 1 aromatic heterocycles. The van der Waals surface area contributed by atoms with Crippen molar-refractivity contribution in [3.05, 3.63) is 45.6 Å². The lowest BCUT2D eigenvalue weighted by Gasteiger charge is -2.29. The number of nitrogens with zero attached hydrogens (tertiary/aromatic N) is 1. The van der Waals surface area contributed by atoms with E-state index in [0.717, 1.165) is 41.2 Å². The van der Waals surface area contributed by atoms with E-state index in [1.807, 2.05) is 13.0 Å². The Morgan fingerprint density at radius 2 is 2.20 bits per heavy atom. The van der Waals surface area contributed by atoms with Crippen molar-refractivity contribution in [1.82, 2.24) is 4.57 Å². The maximum atomic E-state index is 12.5. The topological polar surface area (TPSA) is 72.7 Å². The number of nitrogens with one attached hydrogen (secondary N) is 1. The molecule has 2 aromatic rings. The number of hydrogen-bond acceptors (Lipinski definition) is 5. The summed E-state index contributed by atoms with van der Waals surface area (Å²) in [5.74, 6) is 1.06. The fourth-order valence-electron chi connectivity index (χ4n) is 3.60. The molecule has 6 nitrogen and oxygen atoms in total. The zero-order valence-corrected chi connectivity index (χ0v) is 14.2. The second kappa shape index (κ2) is 6.54. The number of anilines is 1. The number of fused-ring (bicyclic) bond motifs is 3. The van der Waals surface area contributed by atoms with Crippen molar-refractivity contribution in [1.29, 1.82) is 0 Å². The number of phenolic OH excluding ortho intramolecular Hbond substituents is 1. The summed E-state index contributed by atoms with van der Waals surface area (Å²) < 4.78 is 13.2. The van der Waals surface area contributed by atoms with Crippen LogP contribution < -0.4 is 10.7 Å². The van der Waals surface area contributed by atoms with Gasteiger partial charge in [0, 0.05) is 30.3 Å². The van der Waals surface area contributed by atoms with Crippen molar-refractivity contribution in [2.24, 2.45) is 0 Å². The molecular weight excluding hydrogens is 320 g/mol. The number of benzene rings is 1. The van der Waals surface area contributed by atoms with Gasteiger partial charge >= 0.3 is 0 Å². The van der Waals surface area contributed by atoms with Gasteiger partial charge in [0.25, 0.3) is 0 Å². The van der Waals surface area contributed by atoms with Crippen LogP contribution in [-0.2, 0) is 22.4 Å².